The van der Waals surface area contributed by atoms with Crippen LogP contribution in [0.5, 0.6) is 11.5 Å². The molecule has 0 bridgehead atoms. The van der Waals surface area contributed by atoms with E-state index in [2.05, 4.69) is 24.0 Å². The highest BCUT2D eigenvalue weighted by atomic mass is 16.5. The molecule has 1 fully saturated rings. The Balaban J connectivity index is 1.56. The van der Waals surface area contributed by atoms with Gasteiger partial charge in [0.25, 0.3) is 5.91 Å². The summed E-state index contributed by atoms with van der Waals surface area (Å²) in [4.78, 5) is 33.6. The first-order valence-electron chi connectivity index (χ1n) is 13.9. The minimum Gasteiger partial charge on any atom is -0.497 e. The van der Waals surface area contributed by atoms with Crippen LogP contribution in [0.3, 0.4) is 0 Å². The molecule has 0 aliphatic carbocycles. The van der Waals surface area contributed by atoms with Gasteiger partial charge in [-0.2, -0.15) is 0 Å². The summed E-state index contributed by atoms with van der Waals surface area (Å²) in [6.45, 7) is 3.00. The van der Waals surface area contributed by atoms with Crippen LogP contribution in [0.4, 0.5) is 5.69 Å². The van der Waals surface area contributed by atoms with E-state index in [4.69, 9.17) is 9.47 Å². The zero-order chi connectivity index (χ0) is 28.7. The van der Waals surface area contributed by atoms with E-state index in [0.717, 1.165) is 27.9 Å². The highest BCUT2D eigenvalue weighted by Gasteiger charge is 2.66. The number of hydrogen-bond donors (Lipinski definition) is 0. The van der Waals surface area contributed by atoms with E-state index in [1.807, 2.05) is 96.9 Å². The number of rotatable bonds is 7. The number of fused-ring (bicyclic) bond motifs is 2. The fourth-order valence-electron chi connectivity index (χ4n) is 6.88. The maximum atomic E-state index is 15.0. The van der Waals surface area contributed by atoms with Crippen molar-refractivity contribution in [1.29, 1.82) is 0 Å². The van der Waals surface area contributed by atoms with Crippen LogP contribution in [-0.2, 0) is 16.9 Å². The van der Waals surface area contributed by atoms with Gasteiger partial charge >= 0.3 is 0 Å². The predicted molar refractivity (Wildman–Crippen MR) is 160 cm³/mol. The molecule has 1 amide bonds. The van der Waals surface area contributed by atoms with Crippen molar-refractivity contribution in [3.8, 4) is 11.5 Å². The first kappa shape index (κ1) is 26.8. The van der Waals surface area contributed by atoms with Gasteiger partial charge in [-0.3, -0.25) is 14.5 Å². The van der Waals surface area contributed by atoms with Crippen molar-refractivity contribution in [2.45, 2.75) is 24.9 Å². The third-order valence-electron chi connectivity index (χ3n) is 8.87. The molecule has 6 rings (SSSR count). The van der Waals surface area contributed by atoms with Crippen LogP contribution in [0.25, 0.3) is 0 Å². The molecule has 41 heavy (non-hydrogen) atoms. The molecule has 2 heterocycles. The molecule has 2 aliphatic heterocycles. The Kier molecular flexibility index (Phi) is 6.88. The summed E-state index contributed by atoms with van der Waals surface area (Å²) < 4.78 is 11.3. The number of carbonyl (C=O) groups is 2. The average molecular weight is 547 g/mol. The second-order valence-electron chi connectivity index (χ2n) is 10.9. The zero-order valence-corrected chi connectivity index (χ0v) is 23.8. The monoisotopic (exact) mass is 546 g/mol. The number of Topliss-reactive ketones (excluding diaryl/α,β-unsaturated/α-hetero) is 1. The third-order valence-corrected chi connectivity index (χ3v) is 8.87. The van der Waals surface area contributed by atoms with Crippen molar-refractivity contribution in [3.05, 3.63) is 125 Å². The number of methoxy groups -OCH3 is 2. The van der Waals surface area contributed by atoms with E-state index in [-0.39, 0.29) is 17.6 Å². The highest BCUT2D eigenvalue weighted by Crippen LogP contribution is 2.58. The van der Waals surface area contributed by atoms with E-state index < -0.39 is 11.5 Å². The maximum Gasteiger partial charge on any atom is 0.253 e. The van der Waals surface area contributed by atoms with Gasteiger partial charge in [0.15, 0.2) is 5.78 Å². The smallest absolute Gasteiger partial charge is 0.253 e. The Morgan fingerprint density at radius 2 is 1.61 bits per heavy atom. The number of para-hydroxylation sites is 1. The van der Waals surface area contributed by atoms with Crippen molar-refractivity contribution in [1.82, 2.24) is 4.90 Å². The van der Waals surface area contributed by atoms with Gasteiger partial charge in [-0.05, 0) is 42.8 Å². The summed E-state index contributed by atoms with van der Waals surface area (Å²) in [7, 11) is 5.21. The van der Waals surface area contributed by atoms with Crippen molar-refractivity contribution in [3.63, 3.8) is 0 Å². The zero-order valence-electron chi connectivity index (χ0n) is 23.8. The molecule has 2 aliphatic rings. The lowest BCUT2D eigenvalue weighted by Gasteiger charge is -2.36. The van der Waals surface area contributed by atoms with Gasteiger partial charge in [-0.1, -0.05) is 78.9 Å². The predicted octanol–water partition coefficient (Wildman–Crippen LogP) is 5.98. The SMILES string of the molecule is COc1ccc([C@@H]2CN(C)[C@@]3(C(=O)N(Cc4ccccc4C)c4ccccc43)[C@@H]2C(=O)c2ccccc2)c(OC)c1. The summed E-state index contributed by atoms with van der Waals surface area (Å²) in [5.41, 5.74) is 4.21. The Bertz CT molecular complexity index is 1620. The van der Waals surface area contributed by atoms with Crippen LogP contribution in [0.1, 0.15) is 38.5 Å². The lowest BCUT2D eigenvalue weighted by molar-refractivity contribution is -0.129. The maximum absolute atomic E-state index is 15.0. The molecular weight excluding hydrogens is 512 g/mol. The fraction of sp³-hybridized carbons (Fsp3) is 0.257. The van der Waals surface area contributed by atoms with Gasteiger partial charge in [-0.15, -0.1) is 0 Å². The molecule has 0 saturated carbocycles. The number of hydrogen-bond acceptors (Lipinski definition) is 5. The summed E-state index contributed by atoms with van der Waals surface area (Å²) >= 11 is 0. The number of aryl methyl sites for hydroxylation is 1. The van der Waals surface area contributed by atoms with Gasteiger partial charge in [-0.25, -0.2) is 0 Å². The van der Waals surface area contributed by atoms with Crippen molar-refractivity contribution >= 4 is 17.4 Å². The summed E-state index contributed by atoms with van der Waals surface area (Å²) in [5, 5.41) is 0. The normalized spacial score (nSPS) is 21.8. The lowest BCUT2D eigenvalue weighted by atomic mass is 9.70. The molecule has 1 spiro atoms. The lowest BCUT2D eigenvalue weighted by Crippen LogP contribution is -2.53. The van der Waals surface area contributed by atoms with Crippen LogP contribution in [0.15, 0.2) is 97.1 Å². The Morgan fingerprint density at radius 1 is 0.902 bits per heavy atom. The van der Waals surface area contributed by atoms with Crippen LogP contribution in [-0.4, -0.2) is 44.4 Å². The molecule has 4 aromatic rings. The number of carbonyl (C=O) groups excluding carboxylic acids is 2. The Labute approximate surface area is 241 Å². The number of nitrogens with zero attached hydrogens (tertiary/aromatic N) is 2. The summed E-state index contributed by atoms with van der Waals surface area (Å²) in [6.07, 6.45) is 0. The number of ketones is 1. The van der Waals surface area contributed by atoms with Crippen molar-refractivity contribution in [2.24, 2.45) is 5.92 Å². The van der Waals surface area contributed by atoms with E-state index in [9.17, 15) is 9.59 Å². The molecule has 0 N–H and O–H groups in total. The molecule has 6 heteroatoms. The standard InChI is InChI=1S/C35H34N2O4/c1-23-12-8-9-15-25(23)21-37-30-17-11-10-16-29(30)35(34(37)39)32(33(38)24-13-6-5-7-14-24)28(22-36(35)2)27-19-18-26(40-3)20-31(27)41-4/h5-20,28,32H,21-22H2,1-4H3/t28-,32-,35+/m0/s1. The molecule has 6 nitrogen and oxygen atoms in total. The van der Waals surface area contributed by atoms with E-state index >= 15 is 0 Å². The molecule has 3 atom stereocenters. The van der Waals surface area contributed by atoms with E-state index in [0.29, 0.717) is 30.2 Å². The van der Waals surface area contributed by atoms with Crippen molar-refractivity contribution in [2.75, 3.05) is 32.7 Å². The number of ether oxygens (including phenoxy) is 2. The molecule has 0 radical (unpaired) electrons. The highest BCUT2D eigenvalue weighted by molar-refractivity contribution is 6.13. The second kappa shape index (κ2) is 10.5. The number of likely N-dealkylation sites (N-methyl/N-ethyl adjacent to an activating group) is 1. The molecular formula is C35H34N2O4. The molecule has 1 saturated heterocycles. The second-order valence-corrected chi connectivity index (χ2v) is 10.9. The van der Waals surface area contributed by atoms with Gasteiger partial charge < -0.3 is 14.4 Å². The fourth-order valence-corrected chi connectivity index (χ4v) is 6.88. The largest absolute Gasteiger partial charge is 0.497 e. The van der Waals surface area contributed by atoms with Crippen LogP contribution >= 0.6 is 0 Å². The summed E-state index contributed by atoms with van der Waals surface area (Å²) in [6, 6.07) is 31.1. The first-order chi connectivity index (χ1) is 19.9. The third kappa shape index (κ3) is 4.13. The molecule has 4 aromatic carbocycles. The topological polar surface area (TPSA) is 59.1 Å². The molecule has 208 valence electrons. The quantitative estimate of drug-likeness (QED) is 0.267. The average Bonchev–Trinajstić information content (AvgIpc) is 3.45. The van der Waals surface area contributed by atoms with Crippen LogP contribution < -0.4 is 14.4 Å². The van der Waals surface area contributed by atoms with Crippen LogP contribution in [0, 0.1) is 12.8 Å². The van der Waals surface area contributed by atoms with E-state index in [1.165, 1.54) is 0 Å². The first-order valence-corrected chi connectivity index (χ1v) is 13.9. The van der Waals surface area contributed by atoms with Crippen LogP contribution in [0.2, 0.25) is 0 Å². The van der Waals surface area contributed by atoms with Gasteiger partial charge in [0.1, 0.15) is 17.0 Å². The number of benzene rings is 4. The number of amides is 1. The Morgan fingerprint density at radius 3 is 2.34 bits per heavy atom. The molecule has 0 aromatic heterocycles. The number of likely N-dealkylation sites (tertiary alicyclic amines) is 1. The summed E-state index contributed by atoms with van der Waals surface area (Å²) in [5.74, 6) is 0.189. The minimum absolute atomic E-state index is 0.0567. The molecule has 0 unspecified atom stereocenters. The van der Waals surface area contributed by atoms with E-state index in [1.54, 1.807) is 14.2 Å². The number of anilines is 1. The van der Waals surface area contributed by atoms with Crippen molar-refractivity contribution < 1.29 is 19.1 Å². The minimum atomic E-state index is -1.18. The Hall–Kier alpha value is -4.42. The van der Waals surface area contributed by atoms with Gasteiger partial charge in [0.05, 0.1) is 26.7 Å². The van der Waals surface area contributed by atoms with Gasteiger partial charge in [0.2, 0.25) is 0 Å². The van der Waals surface area contributed by atoms with Gasteiger partial charge in [0, 0.05) is 35.3 Å².